The van der Waals surface area contributed by atoms with E-state index in [-0.39, 0.29) is 18.1 Å². The normalized spacial score (nSPS) is 29.0. The van der Waals surface area contributed by atoms with Gasteiger partial charge in [0.1, 0.15) is 5.75 Å². The van der Waals surface area contributed by atoms with Crippen LogP contribution in [0, 0.1) is 5.92 Å². The average Bonchev–Trinajstić information content (AvgIpc) is 2.61. The minimum absolute atomic E-state index is 0.0148. The zero-order valence-corrected chi connectivity index (χ0v) is 15.2. The average molecular weight is 347 g/mol. The molecule has 1 aromatic carbocycles. The molecule has 3 rings (SSSR count). The SMILES string of the molecule is CCOC(=O)N1CC[C@]2(O)CCCC[C@@H]2[C@@H]1c1ccccc1OCC. The molecule has 0 aromatic heterocycles. The predicted molar refractivity (Wildman–Crippen MR) is 95.6 cm³/mol. The molecular formula is C20H29NO4. The number of likely N-dealkylation sites (tertiary alicyclic amines) is 1. The fourth-order valence-corrected chi connectivity index (χ4v) is 4.49. The Hall–Kier alpha value is -1.75. The highest BCUT2D eigenvalue weighted by Gasteiger charge is 2.51. The van der Waals surface area contributed by atoms with Gasteiger partial charge >= 0.3 is 6.09 Å². The smallest absolute Gasteiger partial charge is 0.410 e. The van der Waals surface area contributed by atoms with Gasteiger partial charge in [-0.1, -0.05) is 31.0 Å². The maximum Gasteiger partial charge on any atom is 0.410 e. The molecule has 1 saturated carbocycles. The molecule has 1 heterocycles. The second kappa shape index (κ2) is 7.65. The first kappa shape index (κ1) is 18.1. The summed E-state index contributed by atoms with van der Waals surface area (Å²) in [4.78, 5) is 14.4. The molecule has 1 aromatic rings. The summed E-state index contributed by atoms with van der Waals surface area (Å²) in [7, 11) is 0. The highest BCUT2D eigenvalue weighted by Crippen LogP contribution is 2.50. The summed E-state index contributed by atoms with van der Waals surface area (Å²) in [6, 6.07) is 7.67. The van der Waals surface area contributed by atoms with Gasteiger partial charge in [-0.2, -0.15) is 0 Å². The van der Waals surface area contributed by atoms with Crippen molar-refractivity contribution in [2.45, 2.75) is 57.6 Å². The Bertz CT molecular complexity index is 605. The van der Waals surface area contributed by atoms with Crippen LogP contribution in [-0.2, 0) is 4.74 Å². The monoisotopic (exact) mass is 347 g/mol. The Labute approximate surface area is 149 Å². The lowest BCUT2D eigenvalue weighted by Gasteiger charge is -2.52. The van der Waals surface area contributed by atoms with Crippen molar-refractivity contribution in [2.75, 3.05) is 19.8 Å². The number of hydrogen-bond donors (Lipinski definition) is 1. The van der Waals surface area contributed by atoms with E-state index in [4.69, 9.17) is 9.47 Å². The van der Waals surface area contributed by atoms with Gasteiger partial charge in [0.15, 0.2) is 0 Å². The Balaban J connectivity index is 2.02. The lowest BCUT2D eigenvalue weighted by atomic mass is 9.66. The predicted octanol–water partition coefficient (Wildman–Crippen LogP) is 3.91. The molecule has 3 atom stereocenters. The molecule has 0 bridgehead atoms. The van der Waals surface area contributed by atoms with Gasteiger partial charge in [-0.15, -0.1) is 0 Å². The van der Waals surface area contributed by atoms with Crippen molar-refractivity contribution in [3.8, 4) is 5.75 Å². The standard InChI is InChI=1S/C20H29NO4/c1-3-24-17-11-6-5-9-15(17)18-16-10-7-8-12-20(16,23)13-14-21(18)19(22)25-4-2/h5-6,9,11,16,18,23H,3-4,7-8,10,12-14H2,1-2H3/t16-,18+,20-/m1/s1. The second-order valence-corrected chi connectivity index (χ2v) is 7.01. The van der Waals surface area contributed by atoms with Gasteiger partial charge in [-0.3, -0.25) is 0 Å². The molecule has 5 heteroatoms. The highest BCUT2D eigenvalue weighted by atomic mass is 16.6. The number of nitrogens with zero attached hydrogens (tertiary/aromatic N) is 1. The van der Waals surface area contributed by atoms with E-state index in [0.717, 1.165) is 37.0 Å². The van der Waals surface area contributed by atoms with E-state index in [1.54, 1.807) is 4.90 Å². The van der Waals surface area contributed by atoms with E-state index in [9.17, 15) is 9.90 Å². The Kier molecular flexibility index (Phi) is 5.52. The molecule has 138 valence electrons. The Morgan fingerprint density at radius 1 is 1.24 bits per heavy atom. The van der Waals surface area contributed by atoms with Crippen molar-refractivity contribution in [3.63, 3.8) is 0 Å². The van der Waals surface area contributed by atoms with Crippen molar-refractivity contribution in [1.29, 1.82) is 0 Å². The quantitative estimate of drug-likeness (QED) is 0.897. The number of amides is 1. The van der Waals surface area contributed by atoms with Crippen molar-refractivity contribution in [1.82, 2.24) is 4.90 Å². The number of ether oxygens (including phenoxy) is 2. The molecule has 25 heavy (non-hydrogen) atoms. The van der Waals surface area contributed by atoms with E-state index in [1.807, 2.05) is 38.1 Å². The molecule has 2 aliphatic rings. The molecular weight excluding hydrogens is 318 g/mol. The minimum atomic E-state index is -0.703. The number of carbonyl (C=O) groups is 1. The van der Waals surface area contributed by atoms with Gasteiger partial charge in [0, 0.05) is 18.0 Å². The first-order valence-corrected chi connectivity index (χ1v) is 9.48. The highest BCUT2D eigenvalue weighted by molar-refractivity contribution is 5.69. The van der Waals surface area contributed by atoms with Gasteiger partial charge in [0.05, 0.1) is 24.9 Å². The largest absolute Gasteiger partial charge is 0.494 e. The van der Waals surface area contributed by atoms with E-state index in [2.05, 4.69) is 0 Å². The summed E-state index contributed by atoms with van der Waals surface area (Å²) in [5.74, 6) is 0.806. The summed E-state index contributed by atoms with van der Waals surface area (Å²) in [6.45, 7) is 5.21. The second-order valence-electron chi connectivity index (χ2n) is 7.01. The molecule has 5 nitrogen and oxygen atoms in total. The first-order chi connectivity index (χ1) is 12.1. The number of rotatable bonds is 4. The molecule has 1 amide bonds. The maximum absolute atomic E-state index is 12.6. The van der Waals surface area contributed by atoms with Crippen LogP contribution >= 0.6 is 0 Å². The van der Waals surface area contributed by atoms with E-state index < -0.39 is 5.60 Å². The third-order valence-corrected chi connectivity index (χ3v) is 5.61. The fraction of sp³-hybridized carbons (Fsp3) is 0.650. The van der Waals surface area contributed by atoms with E-state index >= 15 is 0 Å². The van der Waals surface area contributed by atoms with Crippen LogP contribution in [-0.4, -0.2) is 41.5 Å². The molecule has 0 unspecified atom stereocenters. The summed E-state index contributed by atoms with van der Waals surface area (Å²) in [5.41, 5.74) is 0.271. The van der Waals surface area contributed by atoms with Crippen LogP contribution in [0.5, 0.6) is 5.75 Å². The van der Waals surface area contributed by atoms with E-state index in [0.29, 0.717) is 26.2 Å². The Morgan fingerprint density at radius 3 is 2.80 bits per heavy atom. The maximum atomic E-state index is 12.6. The molecule has 1 aliphatic heterocycles. The van der Waals surface area contributed by atoms with Gasteiger partial charge in [0.25, 0.3) is 0 Å². The minimum Gasteiger partial charge on any atom is -0.494 e. The van der Waals surface area contributed by atoms with E-state index in [1.165, 1.54) is 0 Å². The van der Waals surface area contributed by atoms with Crippen LogP contribution in [0.25, 0.3) is 0 Å². The fourth-order valence-electron chi connectivity index (χ4n) is 4.49. The Morgan fingerprint density at radius 2 is 2.04 bits per heavy atom. The first-order valence-electron chi connectivity index (χ1n) is 9.48. The summed E-state index contributed by atoms with van der Waals surface area (Å²) in [5, 5.41) is 11.3. The number of carbonyl (C=O) groups excluding carboxylic acids is 1. The summed E-state index contributed by atoms with van der Waals surface area (Å²) in [6.07, 6.45) is 4.16. The number of hydrogen-bond acceptors (Lipinski definition) is 4. The van der Waals surface area contributed by atoms with Crippen molar-refractivity contribution < 1.29 is 19.4 Å². The summed E-state index contributed by atoms with van der Waals surface area (Å²) >= 11 is 0. The molecule has 1 aliphatic carbocycles. The molecule has 1 N–H and O–H groups in total. The molecule has 1 saturated heterocycles. The zero-order valence-electron chi connectivity index (χ0n) is 15.2. The van der Waals surface area contributed by atoms with Gasteiger partial charge < -0.3 is 19.5 Å². The van der Waals surface area contributed by atoms with Crippen LogP contribution in [0.15, 0.2) is 24.3 Å². The van der Waals surface area contributed by atoms with Crippen LogP contribution in [0.1, 0.15) is 57.6 Å². The summed E-state index contributed by atoms with van der Waals surface area (Å²) < 4.78 is 11.1. The van der Waals surface area contributed by atoms with Crippen LogP contribution in [0.4, 0.5) is 4.79 Å². The third-order valence-electron chi connectivity index (χ3n) is 5.61. The van der Waals surface area contributed by atoms with Crippen LogP contribution in [0.3, 0.4) is 0 Å². The van der Waals surface area contributed by atoms with Crippen molar-refractivity contribution in [3.05, 3.63) is 29.8 Å². The van der Waals surface area contributed by atoms with Gasteiger partial charge in [0.2, 0.25) is 0 Å². The number of piperidine rings is 1. The zero-order chi connectivity index (χ0) is 17.9. The number of aliphatic hydroxyl groups is 1. The van der Waals surface area contributed by atoms with Crippen molar-refractivity contribution >= 4 is 6.09 Å². The molecule has 2 fully saturated rings. The van der Waals surface area contributed by atoms with Crippen molar-refractivity contribution in [2.24, 2.45) is 5.92 Å². The number of para-hydroxylation sites is 1. The third kappa shape index (κ3) is 3.47. The lowest BCUT2D eigenvalue weighted by molar-refractivity contribution is -0.118. The van der Waals surface area contributed by atoms with Crippen LogP contribution < -0.4 is 4.74 Å². The molecule has 0 spiro atoms. The topological polar surface area (TPSA) is 59.0 Å². The molecule has 0 radical (unpaired) electrons. The lowest BCUT2D eigenvalue weighted by Crippen LogP contribution is -2.56. The number of fused-ring (bicyclic) bond motifs is 1. The van der Waals surface area contributed by atoms with Gasteiger partial charge in [-0.25, -0.2) is 4.79 Å². The van der Waals surface area contributed by atoms with Crippen LogP contribution in [0.2, 0.25) is 0 Å². The number of benzene rings is 1. The van der Waals surface area contributed by atoms with Gasteiger partial charge in [-0.05, 0) is 39.2 Å².